The Labute approximate surface area is 179 Å². The Morgan fingerprint density at radius 1 is 1.19 bits per heavy atom. The average molecular weight is 422 g/mol. The summed E-state index contributed by atoms with van der Waals surface area (Å²) in [7, 11) is 0. The molecule has 1 aliphatic heterocycles. The average Bonchev–Trinajstić information content (AvgIpc) is 3.30. The SMILES string of the molecule is N=c1c(C(=O)NC2CCCCC2)cc2c(=O)n3ccccc3nc2n1C[C@H]1CCCO1. The fourth-order valence-electron chi connectivity index (χ4n) is 4.74. The van der Waals surface area contributed by atoms with E-state index in [1.54, 1.807) is 22.9 Å². The quantitative estimate of drug-likeness (QED) is 0.632. The van der Waals surface area contributed by atoms with E-state index in [1.807, 2.05) is 6.07 Å². The first-order valence-electron chi connectivity index (χ1n) is 11.1. The molecule has 3 aromatic rings. The van der Waals surface area contributed by atoms with Crippen LogP contribution < -0.4 is 16.4 Å². The van der Waals surface area contributed by atoms with Crippen LogP contribution in [0.25, 0.3) is 16.7 Å². The number of nitrogens with zero attached hydrogens (tertiary/aromatic N) is 3. The first kappa shape index (κ1) is 19.9. The molecule has 0 spiro atoms. The second-order valence-electron chi connectivity index (χ2n) is 8.54. The molecular formula is C23H27N5O3. The fourth-order valence-corrected chi connectivity index (χ4v) is 4.74. The lowest BCUT2D eigenvalue weighted by Crippen LogP contribution is -2.41. The predicted octanol–water partition coefficient (Wildman–Crippen LogP) is 2.37. The number of rotatable bonds is 4. The molecule has 0 unspecified atom stereocenters. The molecule has 1 atom stereocenters. The molecule has 3 aromatic heterocycles. The van der Waals surface area contributed by atoms with Crippen LogP contribution in [0.4, 0.5) is 0 Å². The van der Waals surface area contributed by atoms with Crippen molar-refractivity contribution in [1.82, 2.24) is 19.3 Å². The lowest BCUT2D eigenvalue weighted by atomic mass is 9.95. The summed E-state index contributed by atoms with van der Waals surface area (Å²) in [6, 6.07) is 7.03. The molecule has 2 N–H and O–H groups in total. The first-order valence-corrected chi connectivity index (χ1v) is 11.1. The number of pyridine rings is 2. The topological polar surface area (TPSA) is 101 Å². The lowest BCUT2D eigenvalue weighted by molar-refractivity contribution is 0.0913. The van der Waals surface area contributed by atoms with Crippen molar-refractivity contribution in [3.63, 3.8) is 0 Å². The summed E-state index contributed by atoms with van der Waals surface area (Å²) >= 11 is 0. The van der Waals surface area contributed by atoms with Gasteiger partial charge in [0.2, 0.25) is 0 Å². The molecule has 4 heterocycles. The molecule has 2 fully saturated rings. The summed E-state index contributed by atoms with van der Waals surface area (Å²) in [5.41, 5.74) is 0.980. The zero-order valence-electron chi connectivity index (χ0n) is 17.5. The largest absolute Gasteiger partial charge is 0.376 e. The third-order valence-corrected chi connectivity index (χ3v) is 6.41. The number of amides is 1. The van der Waals surface area contributed by atoms with Crippen molar-refractivity contribution in [2.45, 2.75) is 63.6 Å². The van der Waals surface area contributed by atoms with Gasteiger partial charge in [-0.2, -0.15) is 0 Å². The van der Waals surface area contributed by atoms with Crippen LogP contribution in [0.3, 0.4) is 0 Å². The Hall–Kier alpha value is -3.00. The van der Waals surface area contributed by atoms with E-state index in [0.29, 0.717) is 29.8 Å². The number of fused-ring (bicyclic) bond motifs is 2. The van der Waals surface area contributed by atoms with Gasteiger partial charge in [-0.1, -0.05) is 25.3 Å². The molecule has 0 bridgehead atoms. The molecule has 1 saturated carbocycles. The standard InChI is InChI=1S/C23H27N5O3/c24-20-17(22(29)25-15-7-2-1-3-8-15)13-18-21(28(20)14-16-9-6-12-31-16)26-19-10-4-5-11-27(19)23(18)30/h4-5,10-11,13,15-16,24H,1-3,6-9,12,14H2,(H,25,29)/t16-/m1/s1. The highest BCUT2D eigenvalue weighted by Gasteiger charge is 2.23. The van der Waals surface area contributed by atoms with Crippen LogP contribution in [0.2, 0.25) is 0 Å². The van der Waals surface area contributed by atoms with E-state index < -0.39 is 0 Å². The summed E-state index contributed by atoms with van der Waals surface area (Å²) in [5, 5.41) is 12.2. The van der Waals surface area contributed by atoms with Crippen molar-refractivity contribution in [3.8, 4) is 0 Å². The number of hydrogen-bond donors (Lipinski definition) is 2. The summed E-state index contributed by atoms with van der Waals surface area (Å²) < 4.78 is 8.94. The van der Waals surface area contributed by atoms with E-state index in [2.05, 4.69) is 10.3 Å². The van der Waals surface area contributed by atoms with Gasteiger partial charge in [-0.15, -0.1) is 0 Å². The van der Waals surface area contributed by atoms with Crippen molar-refractivity contribution in [2.75, 3.05) is 6.61 Å². The van der Waals surface area contributed by atoms with Crippen LogP contribution in [-0.4, -0.2) is 38.6 Å². The van der Waals surface area contributed by atoms with Gasteiger partial charge >= 0.3 is 0 Å². The van der Waals surface area contributed by atoms with Gasteiger partial charge in [0.25, 0.3) is 11.5 Å². The Bertz CT molecular complexity index is 1250. The maximum absolute atomic E-state index is 13.2. The normalized spacial score (nSPS) is 19.8. The number of carbonyl (C=O) groups is 1. The van der Waals surface area contributed by atoms with Gasteiger partial charge in [0.15, 0.2) is 0 Å². The molecule has 0 aromatic carbocycles. The monoisotopic (exact) mass is 421 g/mol. The van der Waals surface area contributed by atoms with Crippen molar-refractivity contribution < 1.29 is 9.53 Å². The molecule has 1 amide bonds. The highest BCUT2D eigenvalue weighted by atomic mass is 16.5. The van der Waals surface area contributed by atoms with Gasteiger partial charge < -0.3 is 14.6 Å². The third kappa shape index (κ3) is 3.76. The molecule has 0 radical (unpaired) electrons. The van der Waals surface area contributed by atoms with Crippen LogP contribution in [-0.2, 0) is 11.3 Å². The van der Waals surface area contributed by atoms with Crippen LogP contribution in [0.15, 0.2) is 35.3 Å². The van der Waals surface area contributed by atoms with Crippen LogP contribution >= 0.6 is 0 Å². The summed E-state index contributed by atoms with van der Waals surface area (Å²) in [5.74, 6) is -0.294. The minimum absolute atomic E-state index is 0.0509. The highest BCUT2D eigenvalue weighted by molar-refractivity contribution is 5.97. The second kappa shape index (κ2) is 8.26. The lowest BCUT2D eigenvalue weighted by Gasteiger charge is -2.23. The summed E-state index contributed by atoms with van der Waals surface area (Å²) in [4.78, 5) is 31.1. The van der Waals surface area contributed by atoms with E-state index in [-0.39, 0.29) is 34.7 Å². The molecule has 8 nitrogen and oxygen atoms in total. The Morgan fingerprint density at radius 3 is 2.81 bits per heavy atom. The Balaban J connectivity index is 1.66. The zero-order valence-corrected chi connectivity index (χ0v) is 17.5. The van der Waals surface area contributed by atoms with E-state index in [4.69, 9.17) is 10.1 Å². The van der Waals surface area contributed by atoms with E-state index in [1.165, 1.54) is 16.9 Å². The molecular weight excluding hydrogens is 394 g/mol. The maximum atomic E-state index is 13.2. The molecule has 31 heavy (non-hydrogen) atoms. The van der Waals surface area contributed by atoms with Crippen molar-refractivity contribution in [1.29, 1.82) is 5.41 Å². The van der Waals surface area contributed by atoms with Crippen LogP contribution in [0, 0.1) is 5.41 Å². The smallest absolute Gasteiger partial charge is 0.267 e. The minimum atomic E-state index is -0.294. The molecule has 5 rings (SSSR count). The molecule has 162 valence electrons. The highest BCUT2D eigenvalue weighted by Crippen LogP contribution is 2.19. The second-order valence-corrected chi connectivity index (χ2v) is 8.54. The van der Waals surface area contributed by atoms with Gasteiger partial charge in [-0.25, -0.2) is 4.98 Å². The number of nitrogens with one attached hydrogen (secondary N) is 2. The van der Waals surface area contributed by atoms with E-state index in [0.717, 1.165) is 38.5 Å². The van der Waals surface area contributed by atoms with Crippen LogP contribution in [0.5, 0.6) is 0 Å². The van der Waals surface area contributed by atoms with Gasteiger partial charge in [0.1, 0.15) is 16.8 Å². The number of ether oxygens (including phenoxy) is 1. The van der Waals surface area contributed by atoms with Crippen molar-refractivity contribution in [3.05, 3.63) is 51.9 Å². The van der Waals surface area contributed by atoms with E-state index >= 15 is 0 Å². The summed E-state index contributed by atoms with van der Waals surface area (Å²) in [6.07, 6.45) is 8.79. The maximum Gasteiger partial charge on any atom is 0.267 e. The van der Waals surface area contributed by atoms with Crippen molar-refractivity contribution >= 4 is 22.6 Å². The van der Waals surface area contributed by atoms with Gasteiger partial charge in [-0.3, -0.25) is 19.4 Å². The molecule has 1 saturated heterocycles. The number of hydrogen-bond acceptors (Lipinski definition) is 5. The van der Waals surface area contributed by atoms with Gasteiger partial charge in [-0.05, 0) is 43.9 Å². The number of aromatic nitrogens is 3. The Morgan fingerprint density at radius 2 is 2.03 bits per heavy atom. The molecule has 1 aliphatic carbocycles. The summed E-state index contributed by atoms with van der Waals surface area (Å²) in [6.45, 7) is 1.09. The molecule has 8 heteroatoms. The zero-order chi connectivity index (χ0) is 21.4. The van der Waals surface area contributed by atoms with Gasteiger partial charge in [0, 0.05) is 18.8 Å². The van der Waals surface area contributed by atoms with E-state index in [9.17, 15) is 9.59 Å². The van der Waals surface area contributed by atoms with Crippen molar-refractivity contribution in [2.24, 2.45) is 0 Å². The first-order chi connectivity index (χ1) is 15.1. The fraction of sp³-hybridized carbons (Fsp3) is 0.478. The molecule has 2 aliphatic rings. The minimum Gasteiger partial charge on any atom is -0.376 e. The van der Waals surface area contributed by atoms with Crippen LogP contribution in [0.1, 0.15) is 55.3 Å². The predicted molar refractivity (Wildman–Crippen MR) is 116 cm³/mol. The number of carbonyl (C=O) groups excluding carboxylic acids is 1. The Kier molecular flexibility index (Phi) is 5.31. The van der Waals surface area contributed by atoms with Gasteiger partial charge in [0.05, 0.1) is 23.6 Å². The third-order valence-electron chi connectivity index (χ3n) is 6.41.